The van der Waals surface area contributed by atoms with E-state index < -0.39 is 5.38 Å². The minimum atomic E-state index is -0.703. The first-order valence-corrected chi connectivity index (χ1v) is 5.37. The first-order valence-electron chi connectivity index (χ1n) is 4.18. The first-order chi connectivity index (χ1) is 6.57. The van der Waals surface area contributed by atoms with Gasteiger partial charge in [0.25, 0.3) is 0 Å². The van der Waals surface area contributed by atoms with Gasteiger partial charge in [0.1, 0.15) is 5.38 Å². The molecule has 0 heterocycles. The third kappa shape index (κ3) is 2.41. The molecule has 0 aliphatic heterocycles. The first kappa shape index (κ1) is 11.8. The van der Waals surface area contributed by atoms with Crippen molar-refractivity contribution in [1.29, 1.82) is 0 Å². The fourth-order valence-electron chi connectivity index (χ4n) is 1.07. The lowest BCUT2D eigenvalue weighted by Gasteiger charge is -2.10. The van der Waals surface area contributed by atoms with Crippen molar-refractivity contribution >= 4 is 40.6 Å². The second kappa shape index (κ2) is 5.01. The molecule has 14 heavy (non-hydrogen) atoms. The number of alkyl halides is 1. The molecule has 0 spiro atoms. The molecular formula is C10H9Cl3O. The zero-order chi connectivity index (χ0) is 10.7. The third-order valence-corrected chi connectivity index (χ3v) is 3.20. The number of hydrogen-bond donors (Lipinski definition) is 0. The Labute approximate surface area is 98.0 Å². The summed E-state index contributed by atoms with van der Waals surface area (Å²) in [6.07, 6.45) is 0.386. The second-order valence-electron chi connectivity index (χ2n) is 2.83. The van der Waals surface area contributed by atoms with Crippen molar-refractivity contribution in [1.82, 2.24) is 0 Å². The van der Waals surface area contributed by atoms with Gasteiger partial charge in [0.05, 0.1) is 10.0 Å². The summed E-state index contributed by atoms with van der Waals surface area (Å²) in [4.78, 5) is 11.3. The van der Waals surface area contributed by atoms with Crippen LogP contribution in [0.2, 0.25) is 10.0 Å². The molecule has 1 nitrogen and oxygen atoms in total. The molecule has 0 aliphatic rings. The zero-order valence-electron chi connectivity index (χ0n) is 7.56. The number of hydrogen-bond acceptors (Lipinski definition) is 1. The summed E-state index contributed by atoms with van der Waals surface area (Å²) in [5.74, 6) is -0.0594. The number of rotatable bonds is 3. The van der Waals surface area contributed by atoms with Crippen LogP contribution < -0.4 is 0 Å². The predicted molar refractivity (Wildman–Crippen MR) is 60.4 cm³/mol. The van der Waals surface area contributed by atoms with Crippen LogP contribution in [0.4, 0.5) is 0 Å². The average molecular weight is 252 g/mol. The van der Waals surface area contributed by atoms with Crippen LogP contribution in [0.25, 0.3) is 0 Å². The molecule has 0 N–H and O–H groups in total. The fourth-order valence-corrected chi connectivity index (χ4v) is 1.88. The Morgan fingerprint density at radius 2 is 2.07 bits per heavy atom. The highest BCUT2D eigenvalue weighted by Crippen LogP contribution is 2.33. The van der Waals surface area contributed by atoms with E-state index in [9.17, 15) is 4.79 Å². The van der Waals surface area contributed by atoms with Crippen LogP contribution in [0.1, 0.15) is 24.3 Å². The van der Waals surface area contributed by atoms with Crippen LogP contribution in [0, 0.1) is 0 Å². The van der Waals surface area contributed by atoms with Crippen molar-refractivity contribution in [2.45, 2.75) is 18.7 Å². The van der Waals surface area contributed by atoms with E-state index in [-0.39, 0.29) is 5.78 Å². The Hall–Kier alpha value is -0.240. The molecule has 1 unspecified atom stereocenters. The van der Waals surface area contributed by atoms with Crippen molar-refractivity contribution in [3.8, 4) is 0 Å². The SMILES string of the molecule is CCC(=O)C(Cl)c1cccc(Cl)c1Cl. The quantitative estimate of drug-likeness (QED) is 0.734. The second-order valence-corrected chi connectivity index (χ2v) is 4.05. The highest BCUT2D eigenvalue weighted by molar-refractivity contribution is 6.43. The van der Waals surface area contributed by atoms with Gasteiger partial charge in [-0.25, -0.2) is 0 Å². The van der Waals surface area contributed by atoms with Crippen molar-refractivity contribution < 1.29 is 4.79 Å². The molecule has 0 bridgehead atoms. The summed E-state index contributed by atoms with van der Waals surface area (Å²) in [5.41, 5.74) is 0.577. The van der Waals surface area contributed by atoms with E-state index in [0.29, 0.717) is 22.0 Å². The Morgan fingerprint density at radius 1 is 1.43 bits per heavy atom. The molecule has 4 heteroatoms. The predicted octanol–water partition coefficient (Wildman–Crippen LogP) is 4.25. The molecule has 0 aromatic heterocycles. The van der Waals surface area contributed by atoms with E-state index >= 15 is 0 Å². The maximum atomic E-state index is 11.3. The topological polar surface area (TPSA) is 17.1 Å². The Morgan fingerprint density at radius 3 is 2.64 bits per heavy atom. The average Bonchev–Trinajstić information content (AvgIpc) is 2.20. The number of carbonyl (C=O) groups is 1. The Bertz CT molecular complexity index is 349. The van der Waals surface area contributed by atoms with Crippen molar-refractivity contribution in [3.63, 3.8) is 0 Å². The van der Waals surface area contributed by atoms with Crippen LogP contribution >= 0.6 is 34.8 Å². The number of Topliss-reactive ketones (excluding diaryl/α,β-unsaturated/α-hetero) is 1. The van der Waals surface area contributed by atoms with E-state index in [0.717, 1.165) is 0 Å². The van der Waals surface area contributed by atoms with Gasteiger partial charge in [-0.1, -0.05) is 42.3 Å². The summed E-state index contributed by atoms with van der Waals surface area (Å²) in [7, 11) is 0. The smallest absolute Gasteiger partial charge is 0.154 e. The summed E-state index contributed by atoms with van der Waals surface area (Å²) >= 11 is 17.7. The number of halogens is 3. The van der Waals surface area contributed by atoms with Gasteiger partial charge in [0.15, 0.2) is 5.78 Å². The van der Waals surface area contributed by atoms with Gasteiger partial charge < -0.3 is 0 Å². The van der Waals surface area contributed by atoms with Crippen LogP contribution in [0.3, 0.4) is 0 Å². The van der Waals surface area contributed by atoms with E-state index in [2.05, 4.69) is 0 Å². The Kier molecular flexibility index (Phi) is 4.24. The van der Waals surface area contributed by atoms with E-state index in [1.165, 1.54) is 0 Å². The lowest BCUT2D eigenvalue weighted by Crippen LogP contribution is -2.05. The summed E-state index contributed by atoms with van der Waals surface area (Å²) in [6.45, 7) is 1.76. The monoisotopic (exact) mass is 250 g/mol. The fraction of sp³-hybridized carbons (Fsp3) is 0.300. The van der Waals surface area contributed by atoms with Crippen molar-refractivity contribution in [2.24, 2.45) is 0 Å². The molecule has 1 rings (SSSR count). The van der Waals surface area contributed by atoms with E-state index in [1.54, 1.807) is 25.1 Å². The number of benzene rings is 1. The van der Waals surface area contributed by atoms with Gasteiger partial charge in [0.2, 0.25) is 0 Å². The third-order valence-electron chi connectivity index (χ3n) is 1.89. The molecule has 1 aromatic rings. The molecule has 0 fully saturated rings. The van der Waals surface area contributed by atoms with Gasteiger partial charge in [-0.3, -0.25) is 4.79 Å². The van der Waals surface area contributed by atoms with E-state index in [4.69, 9.17) is 34.8 Å². The van der Waals surface area contributed by atoms with Gasteiger partial charge in [0, 0.05) is 6.42 Å². The lowest BCUT2D eigenvalue weighted by molar-refractivity contribution is -0.118. The molecular weight excluding hydrogens is 242 g/mol. The van der Waals surface area contributed by atoms with Gasteiger partial charge in [-0.15, -0.1) is 11.6 Å². The van der Waals surface area contributed by atoms with Crippen LogP contribution in [0.15, 0.2) is 18.2 Å². The van der Waals surface area contributed by atoms with Crippen LogP contribution in [0.5, 0.6) is 0 Å². The highest BCUT2D eigenvalue weighted by Gasteiger charge is 2.19. The van der Waals surface area contributed by atoms with E-state index in [1.807, 2.05) is 0 Å². The molecule has 0 saturated carbocycles. The summed E-state index contributed by atoms with van der Waals surface area (Å²) < 4.78 is 0. The largest absolute Gasteiger partial charge is 0.298 e. The maximum Gasteiger partial charge on any atom is 0.154 e. The lowest BCUT2D eigenvalue weighted by atomic mass is 10.1. The minimum absolute atomic E-state index is 0.0594. The minimum Gasteiger partial charge on any atom is -0.298 e. The zero-order valence-corrected chi connectivity index (χ0v) is 9.83. The van der Waals surface area contributed by atoms with Crippen molar-refractivity contribution in [2.75, 3.05) is 0 Å². The molecule has 1 aromatic carbocycles. The molecule has 0 saturated heterocycles. The maximum absolute atomic E-state index is 11.3. The number of carbonyl (C=O) groups excluding carboxylic acids is 1. The molecule has 76 valence electrons. The molecule has 0 amide bonds. The standard InChI is InChI=1S/C10H9Cl3O/c1-2-8(14)10(13)6-4-3-5-7(11)9(6)12/h3-5,10H,2H2,1H3. The molecule has 0 radical (unpaired) electrons. The number of ketones is 1. The molecule has 1 atom stereocenters. The van der Waals surface area contributed by atoms with Gasteiger partial charge in [-0.05, 0) is 11.6 Å². The van der Waals surface area contributed by atoms with Crippen LogP contribution in [-0.2, 0) is 4.79 Å². The summed E-state index contributed by atoms with van der Waals surface area (Å²) in [6, 6.07) is 5.09. The van der Waals surface area contributed by atoms with Crippen molar-refractivity contribution in [3.05, 3.63) is 33.8 Å². The Balaban J connectivity index is 3.07. The molecule has 0 aliphatic carbocycles. The van der Waals surface area contributed by atoms with Gasteiger partial charge >= 0.3 is 0 Å². The summed E-state index contributed by atoms with van der Waals surface area (Å²) in [5, 5.41) is 0.0703. The van der Waals surface area contributed by atoms with Crippen LogP contribution in [-0.4, -0.2) is 5.78 Å². The van der Waals surface area contributed by atoms with Gasteiger partial charge in [-0.2, -0.15) is 0 Å². The normalized spacial score (nSPS) is 12.6. The highest BCUT2D eigenvalue weighted by atomic mass is 35.5.